The largest absolute Gasteiger partial charge is 0.123 e. The molecule has 0 saturated carbocycles. The van der Waals surface area contributed by atoms with Crippen molar-refractivity contribution in [2.75, 3.05) is 0 Å². The predicted molar refractivity (Wildman–Crippen MR) is 274 cm³/mol. The van der Waals surface area contributed by atoms with E-state index in [1.54, 1.807) is 0 Å². The van der Waals surface area contributed by atoms with Crippen molar-refractivity contribution >= 4 is 285 Å². The lowest BCUT2D eigenvalue weighted by atomic mass is 9.55. The molecule has 21 aromatic rings. The van der Waals surface area contributed by atoms with Crippen molar-refractivity contribution in [3.05, 3.63) is 77.9 Å². The maximum Gasteiger partial charge on any atom is 0.123 e. The van der Waals surface area contributed by atoms with Gasteiger partial charge in [0.25, 0.3) is 0 Å². The Kier molecular flexibility index (Phi) is 2.21. The molecule has 0 N–H and O–H groups in total. The molecule has 11 aliphatic carbocycles. The second-order valence-electron chi connectivity index (χ2n) is 24.2. The van der Waals surface area contributed by atoms with E-state index in [2.05, 4.69) is 0 Å². The van der Waals surface area contributed by atoms with E-state index in [4.69, 9.17) is 0 Å². The first-order chi connectivity index (χ1) is 32.2. The van der Waals surface area contributed by atoms with E-state index in [0.717, 1.165) is 33.4 Å². The van der Waals surface area contributed by atoms with E-state index in [0.29, 0.717) is 0 Å². The van der Waals surface area contributed by atoms with Crippen molar-refractivity contribution in [1.29, 1.82) is 0 Å². The lowest BCUT2D eigenvalue weighted by Crippen LogP contribution is -2.60. The van der Waals surface area contributed by atoms with Crippen molar-refractivity contribution in [3.8, 4) is 0 Å². The predicted octanol–water partition coefficient (Wildman–Crippen LogP) is 17.2. The second-order valence-corrected chi connectivity index (χ2v) is 27.6. The van der Waals surface area contributed by atoms with E-state index < -0.39 is 29.2 Å². The zero-order valence-electron chi connectivity index (χ0n) is 32.3. The van der Waals surface area contributed by atoms with Crippen molar-refractivity contribution < 1.29 is 0 Å². The molecule has 66 heavy (non-hydrogen) atoms. The Bertz CT molecular complexity index is 6350. The molecule has 0 saturated heterocycles. The molecule has 32 rings (SSSR count). The summed E-state index contributed by atoms with van der Waals surface area (Å²) < 4.78 is 0. The van der Waals surface area contributed by atoms with Gasteiger partial charge in [-0.15, -0.1) is 69.6 Å². The third-order valence-corrected chi connectivity index (χ3v) is 27.9. The van der Waals surface area contributed by atoms with Crippen LogP contribution in [0.15, 0.2) is 22.3 Å². The van der Waals surface area contributed by atoms with Gasteiger partial charge in [-0.25, -0.2) is 0 Å². The number of rotatable bonds is 0. The summed E-state index contributed by atoms with van der Waals surface area (Å²) in [4.78, 5) is -7.04. The van der Waals surface area contributed by atoms with Crippen LogP contribution in [0.3, 0.4) is 0 Å². The van der Waals surface area contributed by atoms with Gasteiger partial charge in [-0.2, -0.15) is 0 Å². The van der Waals surface area contributed by atoms with Crippen LogP contribution in [0.4, 0.5) is 0 Å². The van der Waals surface area contributed by atoms with Crippen molar-refractivity contribution in [3.63, 3.8) is 0 Å². The molecule has 0 bridgehead atoms. The van der Waals surface area contributed by atoms with Gasteiger partial charge in [0.15, 0.2) is 0 Å². The summed E-state index contributed by atoms with van der Waals surface area (Å²) in [5.41, 5.74) is 16.0. The Labute approximate surface area is 389 Å². The quantitative estimate of drug-likeness (QED) is 0.105. The van der Waals surface area contributed by atoms with Crippen LogP contribution in [0.2, 0.25) is 0 Å². The Morgan fingerprint density at radius 3 is 0.515 bits per heavy atom. The summed E-state index contributed by atoms with van der Waals surface area (Å²) in [5.74, 6) is 0. The number of alkyl halides is 6. The third kappa shape index (κ3) is 1.27. The summed E-state index contributed by atoms with van der Waals surface area (Å²) in [7, 11) is 0. The third-order valence-electron chi connectivity index (χ3n) is 24.2. The van der Waals surface area contributed by atoms with Crippen LogP contribution < -0.4 is 0 Å². The fourth-order valence-corrected chi connectivity index (χ4v) is 27.9. The van der Waals surface area contributed by atoms with Gasteiger partial charge >= 0.3 is 0 Å². The number of halogens is 6. The first-order valence-electron chi connectivity index (χ1n) is 23.6. The van der Waals surface area contributed by atoms with Gasteiger partial charge in [-0.05, 0) is 293 Å². The Morgan fingerprint density at radius 2 is 0.303 bits per heavy atom. The molecular formula is C60Cl6. The molecule has 0 nitrogen and oxygen atoms in total. The summed E-state index contributed by atoms with van der Waals surface area (Å²) in [5, 5.41) is 57.3. The highest BCUT2D eigenvalue weighted by Crippen LogP contribution is 2.93. The van der Waals surface area contributed by atoms with Gasteiger partial charge in [0.2, 0.25) is 0 Å². The van der Waals surface area contributed by atoms with Gasteiger partial charge in [-0.3, -0.25) is 0 Å². The highest BCUT2D eigenvalue weighted by Gasteiger charge is 2.86. The van der Waals surface area contributed by atoms with Gasteiger partial charge in [0.05, 0.1) is 0 Å². The van der Waals surface area contributed by atoms with Crippen LogP contribution in [0.5, 0.6) is 0 Å². The molecule has 4 unspecified atom stereocenters. The fraction of sp³-hybridized carbons (Fsp3) is 0.100. The van der Waals surface area contributed by atoms with Crippen LogP contribution in [0, 0.1) is 0 Å². The molecule has 11 aliphatic rings. The normalized spacial score (nSPS) is 33.5. The molecule has 0 radical (unpaired) electrons. The zero-order valence-corrected chi connectivity index (χ0v) is 36.8. The minimum atomic E-state index is -1.36. The first-order valence-corrected chi connectivity index (χ1v) is 25.9. The average molecular weight is 933 g/mol. The van der Waals surface area contributed by atoms with E-state index in [9.17, 15) is 69.6 Å². The molecule has 282 valence electrons. The van der Waals surface area contributed by atoms with E-state index >= 15 is 0 Å². The van der Waals surface area contributed by atoms with Crippen LogP contribution in [-0.2, 0) is 24.4 Å². The first kappa shape index (κ1) is 26.3. The molecule has 0 spiro atoms. The summed E-state index contributed by atoms with van der Waals surface area (Å²) >= 11 is 56.0. The number of allylic oxidation sites excluding steroid dienone is 4. The number of hydrogen-bond donors (Lipinski definition) is 0. The molecule has 0 fully saturated rings. The van der Waals surface area contributed by atoms with E-state index in [1.165, 1.54) is 260 Å². The standard InChI is InChI=1S/C60Cl6/c61-55-41-31-21-11-6-1-2-4-5-3(1)8-14-12(6)22(21)32-34-24(14)26-16(8)18-10(5)20-19-9(4)17-15-7(2)13(11)23-25(15)35-37-27(17)29(19)39-40-30(20)28(18)38-36(26)46-44(34)56(62,42(32)41)52-51(55)53-57(63,45(35)43(55)33(23)31)47(37)49(39)59(65)50(40)48(38)58(46,64)54(52)60(53,59)66. The molecule has 0 aromatic heterocycles. The molecule has 0 amide bonds. The second kappa shape index (κ2) is 5.54. The molecule has 0 heterocycles. The highest BCUT2D eigenvalue weighted by atomic mass is 35.5. The maximum atomic E-state index is 9.37. The van der Waals surface area contributed by atoms with Crippen LogP contribution in [-0.4, -0.2) is 4.87 Å². The average Bonchev–Trinajstić information content (AvgIpc) is 4.17. The summed E-state index contributed by atoms with van der Waals surface area (Å²) in [6, 6.07) is 0. The lowest BCUT2D eigenvalue weighted by molar-refractivity contribution is 0.477. The Morgan fingerprint density at radius 1 is 0.152 bits per heavy atom. The fourth-order valence-electron chi connectivity index (χ4n) is 24.2. The van der Waals surface area contributed by atoms with Crippen LogP contribution in [0.25, 0.3) is 215 Å². The smallest absolute Gasteiger partial charge is 0.107 e. The SMILES string of the molecule is ClC12C3=C4C5(Cl)c6c1c1c7c2c2c8c9c%10c%11c%12c%13c%14c%15c%16c%17c(c5c5c6c6c1c1c%18c7c8c7c8c9c%12c9c%12c%13c%16c%13c%16c%17c5c5c6c1c1c(c%187)c(c89)c(c%12%13)c1c5%16)C%15(Cl)C4(Cl)C(=C3C2%10Cl)C%11%14Cl. The minimum absolute atomic E-state index is 0.975. The molecule has 4 atom stereocenters. The Hall–Kier alpha value is -5.28. The minimum Gasteiger partial charge on any atom is -0.107 e. The molecule has 0 aliphatic heterocycles. The monoisotopic (exact) mass is 930 g/mol. The van der Waals surface area contributed by atoms with E-state index in [1.807, 2.05) is 0 Å². The number of hydrogen-bond acceptors (Lipinski definition) is 0. The van der Waals surface area contributed by atoms with E-state index in [-0.39, 0.29) is 0 Å². The molecular weight excluding hydrogens is 933 g/mol. The maximum absolute atomic E-state index is 9.37. The van der Waals surface area contributed by atoms with Gasteiger partial charge in [0, 0.05) is 0 Å². The van der Waals surface area contributed by atoms with Crippen molar-refractivity contribution in [2.45, 2.75) is 29.2 Å². The van der Waals surface area contributed by atoms with Gasteiger partial charge in [-0.1, -0.05) is 0 Å². The highest BCUT2D eigenvalue weighted by molar-refractivity contribution is 6.78. The van der Waals surface area contributed by atoms with Crippen molar-refractivity contribution in [2.24, 2.45) is 0 Å². The van der Waals surface area contributed by atoms with Gasteiger partial charge in [0.1, 0.15) is 29.2 Å². The Balaban J connectivity index is 1.25. The molecule has 21 aromatic carbocycles. The van der Waals surface area contributed by atoms with Crippen LogP contribution in [0.1, 0.15) is 55.6 Å². The lowest BCUT2D eigenvalue weighted by Gasteiger charge is -2.59. The topological polar surface area (TPSA) is 0 Å². The zero-order chi connectivity index (χ0) is 40.2. The number of benzene rings is 15. The van der Waals surface area contributed by atoms with Gasteiger partial charge < -0.3 is 0 Å². The van der Waals surface area contributed by atoms with Crippen molar-refractivity contribution in [1.82, 2.24) is 0 Å². The summed E-state index contributed by atoms with van der Waals surface area (Å²) in [6.07, 6.45) is 0. The summed E-state index contributed by atoms with van der Waals surface area (Å²) in [6.45, 7) is 0. The van der Waals surface area contributed by atoms with Crippen LogP contribution >= 0.6 is 69.6 Å². The molecule has 6 heteroatoms.